The average molecular weight is 290 g/mol. The Hall–Kier alpha value is -1.62. The van der Waals surface area contributed by atoms with Crippen molar-refractivity contribution < 1.29 is 4.79 Å². The molecule has 1 aromatic heterocycles. The molecule has 1 aromatic rings. The van der Waals surface area contributed by atoms with Crippen molar-refractivity contribution in [1.82, 2.24) is 9.88 Å². The number of carbonyl (C=O) groups excluding carboxylic acids is 1. The summed E-state index contributed by atoms with van der Waals surface area (Å²) in [6.45, 7) is 8.04. The van der Waals surface area contributed by atoms with E-state index in [0.717, 1.165) is 37.5 Å². The molecule has 0 spiro atoms. The molecule has 1 aliphatic rings. The van der Waals surface area contributed by atoms with E-state index >= 15 is 0 Å². The Bertz CT molecular complexity index is 493. The lowest BCUT2D eigenvalue weighted by molar-refractivity contribution is 0.0688. The van der Waals surface area contributed by atoms with Crippen LogP contribution in [-0.2, 0) is 0 Å². The van der Waals surface area contributed by atoms with Crippen LogP contribution in [0.1, 0.15) is 62.0 Å². The second-order valence-electron chi connectivity index (χ2n) is 6.11. The van der Waals surface area contributed by atoms with Gasteiger partial charge in [0.25, 0.3) is 5.91 Å². The number of hydrogen-bond acceptors (Lipinski definition) is 4. The minimum Gasteiger partial charge on any atom is -0.339 e. The van der Waals surface area contributed by atoms with E-state index in [9.17, 15) is 4.79 Å². The van der Waals surface area contributed by atoms with Crippen molar-refractivity contribution in [2.24, 2.45) is 11.8 Å². The van der Waals surface area contributed by atoms with Crippen molar-refractivity contribution in [2.45, 2.75) is 46.0 Å². The molecule has 0 aromatic carbocycles. The molecule has 5 heteroatoms. The Morgan fingerprint density at radius 2 is 2.10 bits per heavy atom. The number of rotatable bonds is 4. The number of nitrogens with two attached hydrogens (primary N) is 1. The number of aromatic nitrogens is 1. The zero-order chi connectivity index (χ0) is 15.4. The van der Waals surface area contributed by atoms with Crippen molar-refractivity contribution in [1.29, 1.82) is 0 Å². The number of nitrogens with zero attached hydrogens (tertiary/aromatic N) is 2. The lowest BCUT2D eigenvalue weighted by Gasteiger charge is -2.31. The number of hydrazine groups is 1. The van der Waals surface area contributed by atoms with E-state index < -0.39 is 0 Å². The third-order valence-corrected chi connectivity index (χ3v) is 4.31. The number of amides is 1. The number of likely N-dealkylation sites (tertiary alicyclic amines) is 1. The summed E-state index contributed by atoms with van der Waals surface area (Å²) in [5.41, 5.74) is 4.12. The molecule has 5 nitrogen and oxygen atoms in total. The van der Waals surface area contributed by atoms with Crippen LogP contribution in [0.3, 0.4) is 0 Å². The highest BCUT2D eigenvalue weighted by molar-refractivity contribution is 5.95. The maximum Gasteiger partial charge on any atom is 0.254 e. The highest BCUT2D eigenvalue weighted by Gasteiger charge is 2.23. The Labute approximate surface area is 126 Å². The molecule has 1 saturated heterocycles. The number of hydrogen-bond donors (Lipinski definition) is 2. The van der Waals surface area contributed by atoms with E-state index in [4.69, 9.17) is 5.84 Å². The van der Waals surface area contributed by atoms with Crippen molar-refractivity contribution in [2.75, 3.05) is 18.5 Å². The molecule has 1 aliphatic heterocycles. The van der Waals surface area contributed by atoms with Crippen LogP contribution >= 0.6 is 0 Å². The summed E-state index contributed by atoms with van der Waals surface area (Å²) in [4.78, 5) is 19.0. The zero-order valence-electron chi connectivity index (χ0n) is 13.2. The van der Waals surface area contributed by atoms with Gasteiger partial charge in [-0.15, -0.1) is 0 Å². The number of pyridine rings is 1. The molecule has 1 amide bonds. The quantitative estimate of drug-likeness (QED) is 0.660. The number of piperidine rings is 1. The first-order chi connectivity index (χ1) is 10.0. The first-order valence-electron chi connectivity index (χ1n) is 7.83. The van der Waals surface area contributed by atoms with Gasteiger partial charge in [0.05, 0.1) is 0 Å². The first kappa shape index (κ1) is 15.8. The van der Waals surface area contributed by atoms with Gasteiger partial charge in [0.1, 0.15) is 5.82 Å². The molecule has 0 atom stereocenters. The van der Waals surface area contributed by atoms with Gasteiger partial charge >= 0.3 is 0 Å². The molecule has 21 heavy (non-hydrogen) atoms. The summed E-state index contributed by atoms with van der Waals surface area (Å²) in [5, 5.41) is 0. The summed E-state index contributed by atoms with van der Waals surface area (Å²) in [7, 11) is 0. The molecular formula is C16H26N4O. The lowest BCUT2D eigenvalue weighted by Crippen LogP contribution is -2.38. The monoisotopic (exact) mass is 290 g/mol. The van der Waals surface area contributed by atoms with Crippen LogP contribution < -0.4 is 11.3 Å². The molecular weight excluding hydrogens is 264 g/mol. The zero-order valence-corrected chi connectivity index (χ0v) is 13.2. The predicted octanol–water partition coefficient (Wildman–Crippen LogP) is 2.75. The highest BCUT2D eigenvalue weighted by atomic mass is 16.2. The molecule has 0 unspecified atom stereocenters. The second-order valence-corrected chi connectivity index (χ2v) is 6.11. The van der Waals surface area contributed by atoms with Crippen LogP contribution in [0.25, 0.3) is 0 Å². The Morgan fingerprint density at radius 3 is 2.62 bits per heavy atom. The van der Waals surface area contributed by atoms with Crippen LogP contribution in [-0.4, -0.2) is 28.9 Å². The fourth-order valence-corrected chi connectivity index (χ4v) is 2.77. The molecule has 0 radical (unpaired) electrons. The molecule has 2 heterocycles. The molecule has 2 rings (SSSR count). The molecule has 1 fully saturated rings. The van der Waals surface area contributed by atoms with E-state index in [1.807, 2.05) is 11.0 Å². The highest BCUT2D eigenvalue weighted by Crippen LogP contribution is 2.23. The standard InChI is InChI=1S/C16H26N4O/c1-4-12-5-7-20(8-6-12)16(21)13-9-14(11(2)3)18-15(10-13)19-17/h9-12H,4-8,17H2,1-3H3,(H,18,19). The van der Waals surface area contributed by atoms with E-state index in [0.29, 0.717) is 11.4 Å². The molecule has 116 valence electrons. The minimum absolute atomic E-state index is 0.0883. The smallest absolute Gasteiger partial charge is 0.254 e. The summed E-state index contributed by atoms with van der Waals surface area (Å²) >= 11 is 0. The van der Waals surface area contributed by atoms with Gasteiger partial charge in [0.2, 0.25) is 0 Å². The van der Waals surface area contributed by atoms with Crippen molar-refractivity contribution in [3.8, 4) is 0 Å². The molecule has 3 N–H and O–H groups in total. The van der Waals surface area contributed by atoms with Gasteiger partial charge in [-0.05, 0) is 36.8 Å². The maximum atomic E-state index is 12.7. The van der Waals surface area contributed by atoms with Crippen LogP contribution in [0.2, 0.25) is 0 Å². The summed E-state index contributed by atoms with van der Waals surface area (Å²) < 4.78 is 0. The van der Waals surface area contributed by atoms with Gasteiger partial charge in [-0.3, -0.25) is 4.79 Å². The van der Waals surface area contributed by atoms with Crippen LogP contribution in [0.4, 0.5) is 5.82 Å². The van der Waals surface area contributed by atoms with Gasteiger partial charge in [0.15, 0.2) is 0 Å². The van der Waals surface area contributed by atoms with E-state index in [-0.39, 0.29) is 11.8 Å². The number of carbonyl (C=O) groups is 1. The maximum absolute atomic E-state index is 12.7. The molecule has 0 aliphatic carbocycles. The largest absolute Gasteiger partial charge is 0.339 e. The number of nitrogen functional groups attached to an aromatic ring is 1. The summed E-state index contributed by atoms with van der Waals surface area (Å²) in [5.74, 6) is 7.13. The summed E-state index contributed by atoms with van der Waals surface area (Å²) in [6.07, 6.45) is 3.41. The van der Waals surface area contributed by atoms with E-state index in [1.165, 1.54) is 6.42 Å². The summed E-state index contributed by atoms with van der Waals surface area (Å²) in [6, 6.07) is 3.62. The fraction of sp³-hybridized carbons (Fsp3) is 0.625. The Kier molecular flexibility index (Phi) is 5.17. The third-order valence-electron chi connectivity index (χ3n) is 4.31. The lowest BCUT2D eigenvalue weighted by atomic mass is 9.94. The Morgan fingerprint density at radius 1 is 1.43 bits per heavy atom. The van der Waals surface area contributed by atoms with Gasteiger partial charge in [-0.1, -0.05) is 27.2 Å². The van der Waals surface area contributed by atoms with Crippen LogP contribution in [0.15, 0.2) is 12.1 Å². The molecule has 0 bridgehead atoms. The fourth-order valence-electron chi connectivity index (χ4n) is 2.77. The van der Waals surface area contributed by atoms with Crippen molar-refractivity contribution >= 4 is 11.7 Å². The van der Waals surface area contributed by atoms with E-state index in [2.05, 4.69) is 31.2 Å². The Balaban J connectivity index is 2.17. The SMILES string of the molecule is CCC1CCN(C(=O)c2cc(NN)nc(C(C)C)c2)CC1. The predicted molar refractivity (Wildman–Crippen MR) is 85.1 cm³/mol. The number of nitrogens with one attached hydrogen (secondary N) is 1. The third kappa shape index (κ3) is 3.73. The number of anilines is 1. The van der Waals surface area contributed by atoms with Gasteiger partial charge in [0, 0.05) is 24.3 Å². The second kappa shape index (κ2) is 6.89. The van der Waals surface area contributed by atoms with Crippen molar-refractivity contribution in [3.05, 3.63) is 23.4 Å². The normalized spacial score (nSPS) is 16.3. The van der Waals surface area contributed by atoms with Gasteiger partial charge < -0.3 is 10.3 Å². The van der Waals surface area contributed by atoms with Crippen molar-refractivity contribution in [3.63, 3.8) is 0 Å². The first-order valence-corrected chi connectivity index (χ1v) is 7.83. The van der Waals surface area contributed by atoms with Gasteiger partial charge in [-0.25, -0.2) is 10.8 Å². The topological polar surface area (TPSA) is 71.2 Å². The van der Waals surface area contributed by atoms with E-state index in [1.54, 1.807) is 6.07 Å². The molecule has 0 saturated carbocycles. The average Bonchev–Trinajstić information content (AvgIpc) is 2.53. The van der Waals surface area contributed by atoms with Gasteiger partial charge in [-0.2, -0.15) is 0 Å². The minimum atomic E-state index is 0.0883. The van der Waals surface area contributed by atoms with Crippen LogP contribution in [0.5, 0.6) is 0 Å². The van der Waals surface area contributed by atoms with Crippen LogP contribution in [0, 0.1) is 5.92 Å².